The van der Waals surface area contributed by atoms with E-state index >= 15 is 0 Å². The number of para-hydroxylation sites is 1. The number of nitrogens with zero attached hydrogens (tertiary/aromatic N) is 3. The Morgan fingerprint density at radius 1 is 1.22 bits per heavy atom. The summed E-state index contributed by atoms with van der Waals surface area (Å²) >= 11 is 0. The minimum Gasteiger partial charge on any atom is -0.461 e. The van der Waals surface area contributed by atoms with E-state index < -0.39 is 0 Å². The van der Waals surface area contributed by atoms with Crippen molar-refractivity contribution in [3.8, 4) is 0 Å². The Morgan fingerprint density at radius 2 is 2.00 bits per heavy atom. The smallest absolute Gasteiger partial charge is 0.191 e. The van der Waals surface area contributed by atoms with Crippen molar-refractivity contribution in [2.75, 3.05) is 13.1 Å². The Morgan fingerprint density at radius 3 is 2.67 bits per heavy atom. The molecule has 0 saturated heterocycles. The number of rotatable bonds is 6. The molecule has 2 aromatic heterocycles. The molecule has 3 aromatic rings. The van der Waals surface area contributed by atoms with Crippen LogP contribution >= 0.6 is 24.0 Å². The van der Waals surface area contributed by atoms with Gasteiger partial charge in [-0.05, 0) is 32.9 Å². The van der Waals surface area contributed by atoms with E-state index in [1.807, 2.05) is 36.9 Å². The van der Waals surface area contributed by atoms with E-state index in [-0.39, 0.29) is 24.0 Å². The first kappa shape index (κ1) is 21.3. The van der Waals surface area contributed by atoms with Gasteiger partial charge in [0.15, 0.2) is 5.96 Å². The van der Waals surface area contributed by atoms with E-state index in [9.17, 15) is 0 Å². The first-order valence-corrected chi connectivity index (χ1v) is 9.07. The van der Waals surface area contributed by atoms with Crippen LogP contribution in [0.15, 0.2) is 39.7 Å². The zero-order valence-corrected chi connectivity index (χ0v) is 18.7. The largest absolute Gasteiger partial charge is 0.461 e. The molecule has 7 heteroatoms. The first-order chi connectivity index (χ1) is 12.6. The van der Waals surface area contributed by atoms with Gasteiger partial charge >= 0.3 is 0 Å². The third kappa shape index (κ3) is 5.24. The van der Waals surface area contributed by atoms with Crippen LogP contribution in [0.5, 0.6) is 0 Å². The summed E-state index contributed by atoms with van der Waals surface area (Å²) in [6, 6.07) is 10.2. The minimum absolute atomic E-state index is 0. The van der Waals surface area contributed by atoms with Gasteiger partial charge in [0, 0.05) is 43.2 Å². The highest BCUT2D eigenvalue weighted by Crippen LogP contribution is 2.18. The molecule has 2 N–H and O–H groups in total. The number of aromatic nitrogens is 2. The average Bonchev–Trinajstić information content (AvgIpc) is 3.13. The standard InChI is InChI=1S/C20H27N5O.HI/c1-5-21-20(23-13-18-14(2)24-25(4)15(18)3)22-11-10-17-12-16-8-6-7-9-19(16)26-17;/h6-9,12H,5,10-11,13H2,1-4H3,(H2,21,22,23);1H. The van der Waals surface area contributed by atoms with Gasteiger partial charge in [-0.25, -0.2) is 4.99 Å². The van der Waals surface area contributed by atoms with Crippen molar-refractivity contribution in [2.24, 2.45) is 12.0 Å². The first-order valence-electron chi connectivity index (χ1n) is 9.07. The lowest BCUT2D eigenvalue weighted by atomic mass is 10.2. The number of benzene rings is 1. The lowest BCUT2D eigenvalue weighted by molar-refractivity contribution is 0.544. The third-order valence-corrected chi connectivity index (χ3v) is 4.54. The number of hydrogen-bond acceptors (Lipinski definition) is 3. The highest BCUT2D eigenvalue weighted by molar-refractivity contribution is 14.0. The second-order valence-corrected chi connectivity index (χ2v) is 6.40. The normalized spacial score (nSPS) is 11.5. The van der Waals surface area contributed by atoms with Crippen molar-refractivity contribution in [1.82, 2.24) is 20.4 Å². The quantitative estimate of drug-likeness (QED) is 0.320. The number of nitrogens with one attached hydrogen (secondary N) is 2. The molecule has 0 atom stereocenters. The number of furan rings is 1. The van der Waals surface area contributed by atoms with Gasteiger partial charge in [0.1, 0.15) is 11.3 Å². The van der Waals surface area contributed by atoms with Crippen molar-refractivity contribution in [3.05, 3.63) is 53.0 Å². The maximum absolute atomic E-state index is 5.86. The van der Waals surface area contributed by atoms with Gasteiger partial charge in [-0.15, -0.1) is 24.0 Å². The number of aryl methyl sites for hydroxylation is 2. The predicted octanol–water partition coefficient (Wildman–Crippen LogP) is 3.70. The maximum Gasteiger partial charge on any atom is 0.191 e. The van der Waals surface area contributed by atoms with E-state index in [2.05, 4.69) is 41.7 Å². The molecule has 2 heterocycles. The van der Waals surface area contributed by atoms with Gasteiger partial charge in [0.2, 0.25) is 0 Å². The lowest BCUT2D eigenvalue weighted by Gasteiger charge is -2.10. The van der Waals surface area contributed by atoms with Crippen LogP contribution in [0.4, 0.5) is 0 Å². The van der Waals surface area contributed by atoms with Gasteiger partial charge in [-0.2, -0.15) is 5.10 Å². The summed E-state index contributed by atoms with van der Waals surface area (Å²) in [5.41, 5.74) is 4.31. The number of halogens is 1. The van der Waals surface area contributed by atoms with Crippen LogP contribution in [0.25, 0.3) is 11.0 Å². The topological polar surface area (TPSA) is 67.4 Å². The summed E-state index contributed by atoms with van der Waals surface area (Å²) in [5.74, 6) is 1.79. The number of fused-ring (bicyclic) bond motifs is 1. The molecule has 0 aliphatic rings. The van der Waals surface area contributed by atoms with Crippen LogP contribution in [-0.4, -0.2) is 28.8 Å². The second kappa shape index (κ2) is 9.77. The summed E-state index contributed by atoms with van der Waals surface area (Å²) in [4.78, 5) is 4.70. The van der Waals surface area contributed by atoms with Crippen LogP contribution in [0, 0.1) is 13.8 Å². The fourth-order valence-corrected chi connectivity index (χ4v) is 3.01. The molecule has 0 aliphatic carbocycles. The van der Waals surface area contributed by atoms with Gasteiger partial charge in [-0.1, -0.05) is 18.2 Å². The fourth-order valence-electron chi connectivity index (χ4n) is 3.01. The molecule has 1 aromatic carbocycles. The van der Waals surface area contributed by atoms with Gasteiger partial charge in [0.25, 0.3) is 0 Å². The van der Waals surface area contributed by atoms with Crippen molar-refractivity contribution >= 4 is 40.9 Å². The molecule has 0 unspecified atom stereocenters. The molecule has 0 spiro atoms. The fraction of sp³-hybridized carbons (Fsp3) is 0.400. The van der Waals surface area contributed by atoms with E-state index in [0.717, 1.165) is 53.6 Å². The molecule has 0 fully saturated rings. The highest BCUT2D eigenvalue weighted by Gasteiger charge is 2.09. The molecule has 0 saturated carbocycles. The van der Waals surface area contributed by atoms with Crippen molar-refractivity contribution < 1.29 is 4.42 Å². The Hall–Kier alpha value is -2.03. The maximum atomic E-state index is 5.86. The van der Waals surface area contributed by atoms with Crippen LogP contribution in [0.2, 0.25) is 0 Å². The van der Waals surface area contributed by atoms with Crippen molar-refractivity contribution in [3.63, 3.8) is 0 Å². The summed E-state index contributed by atoms with van der Waals surface area (Å²) in [7, 11) is 1.96. The van der Waals surface area contributed by atoms with Gasteiger partial charge in [0.05, 0.1) is 12.2 Å². The highest BCUT2D eigenvalue weighted by atomic mass is 127. The molecule has 146 valence electrons. The summed E-state index contributed by atoms with van der Waals surface area (Å²) in [5, 5.41) is 12.3. The third-order valence-electron chi connectivity index (χ3n) is 4.54. The second-order valence-electron chi connectivity index (χ2n) is 6.40. The minimum atomic E-state index is 0. The Labute approximate surface area is 177 Å². The molecule has 0 bridgehead atoms. The van der Waals surface area contributed by atoms with Crippen molar-refractivity contribution in [2.45, 2.75) is 33.7 Å². The molecule has 6 nitrogen and oxygen atoms in total. The molecular weight excluding hydrogens is 453 g/mol. The SMILES string of the molecule is CCNC(=NCc1c(C)nn(C)c1C)NCCc1cc2ccccc2o1.I. The van der Waals surface area contributed by atoms with Gasteiger partial charge < -0.3 is 15.1 Å². The Bertz CT molecular complexity index is 879. The Kier molecular flexibility index (Phi) is 7.70. The predicted molar refractivity (Wildman–Crippen MR) is 121 cm³/mol. The molecule has 0 amide bonds. The zero-order chi connectivity index (χ0) is 18.5. The number of hydrogen-bond donors (Lipinski definition) is 2. The van der Waals surface area contributed by atoms with E-state index in [1.165, 1.54) is 5.56 Å². The average molecular weight is 481 g/mol. The Balaban J connectivity index is 0.00000261. The van der Waals surface area contributed by atoms with E-state index in [1.54, 1.807) is 0 Å². The van der Waals surface area contributed by atoms with Crippen LogP contribution in [0.3, 0.4) is 0 Å². The summed E-state index contributed by atoms with van der Waals surface area (Å²) in [6.07, 6.45) is 0.810. The van der Waals surface area contributed by atoms with E-state index in [4.69, 9.17) is 9.41 Å². The molecule has 0 aliphatic heterocycles. The van der Waals surface area contributed by atoms with Crippen molar-refractivity contribution in [1.29, 1.82) is 0 Å². The van der Waals surface area contributed by atoms with Crippen LogP contribution in [0.1, 0.15) is 29.6 Å². The van der Waals surface area contributed by atoms with E-state index in [0.29, 0.717) is 6.54 Å². The zero-order valence-electron chi connectivity index (χ0n) is 16.4. The molecular formula is C20H28IN5O. The van der Waals surface area contributed by atoms with Crippen LogP contribution in [-0.2, 0) is 20.0 Å². The molecule has 27 heavy (non-hydrogen) atoms. The number of aliphatic imine (C=N–C) groups is 1. The number of guanidine groups is 1. The summed E-state index contributed by atoms with van der Waals surface area (Å²) in [6.45, 7) is 8.37. The molecule has 0 radical (unpaired) electrons. The summed E-state index contributed by atoms with van der Waals surface area (Å²) < 4.78 is 7.77. The lowest BCUT2D eigenvalue weighted by Crippen LogP contribution is -2.38. The van der Waals surface area contributed by atoms with Crippen LogP contribution < -0.4 is 10.6 Å². The molecule has 3 rings (SSSR count). The monoisotopic (exact) mass is 481 g/mol. The van der Waals surface area contributed by atoms with Gasteiger partial charge in [-0.3, -0.25) is 4.68 Å².